The largest absolute Gasteiger partial charge is 0.309 e. The Bertz CT molecular complexity index is 610. The molecule has 0 saturated heterocycles. The van der Waals surface area contributed by atoms with Crippen LogP contribution in [0.15, 0.2) is 18.2 Å². The zero-order chi connectivity index (χ0) is 14.8. The second kappa shape index (κ2) is 6.29. The minimum absolute atomic E-state index is 0.475. The van der Waals surface area contributed by atoms with E-state index in [2.05, 4.69) is 44.3 Å². The highest BCUT2D eigenvalue weighted by Crippen LogP contribution is 2.34. The topological polar surface area (TPSA) is 24.9 Å². The molecule has 1 N–H and O–H groups in total. The number of aromatic nitrogens is 1. The first-order valence-corrected chi connectivity index (χ1v) is 8.76. The zero-order valence-corrected chi connectivity index (χ0v) is 14.0. The van der Waals surface area contributed by atoms with Gasteiger partial charge in [0.25, 0.3) is 0 Å². The number of fused-ring (bicyclic) bond motifs is 1. The fraction of sp³-hybridized carbons (Fsp3) is 0.500. The van der Waals surface area contributed by atoms with Crippen molar-refractivity contribution >= 4 is 11.3 Å². The number of rotatable bonds is 4. The summed E-state index contributed by atoms with van der Waals surface area (Å²) in [5.41, 5.74) is 5.40. The van der Waals surface area contributed by atoms with Crippen molar-refractivity contribution in [3.8, 4) is 0 Å². The third kappa shape index (κ3) is 3.35. The Labute approximate surface area is 131 Å². The quantitative estimate of drug-likeness (QED) is 0.908. The fourth-order valence-electron chi connectivity index (χ4n) is 3.34. The van der Waals surface area contributed by atoms with Gasteiger partial charge in [-0.3, -0.25) is 0 Å². The van der Waals surface area contributed by atoms with Crippen LogP contribution in [0.25, 0.3) is 0 Å². The van der Waals surface area contributed by atoms with Gasteiger partial charge in [0.2, 0.25) is 0 Å². The van der Waals surface area contributed by atoms with Crippen LogP contribution in [0, 0.1) is 13.8 Å². The number of aryl methyl sites for hydroxylation is 3. The number of nitrogens with zero attached hydrogens (tertiary/aromatic N) is 1. The van der Waals surface area contributed by atoms with Crippen molar-refractivity contribution in [2.75, 3.05) is 6.54 Å². The number of hydrogen-bond acceptors (Lipinski definition) is 3. The molecule has 1 aromatic carbocycles. The first-order valence-electron chi connectivity index (χ1n) is 7.94. The standard InChI is InChI=1S/C18H24N2S/c1-4-19-15-6-5-7-16-18(15)20-17(21-16)11-14-9-12(2)8-13(3)10-14/h8-10,15,19H,4-7,11H2,1-3H3. The van der Waals surface area contributed by atoms with E-state index >= 15 is 0 Å². The summed E-state index contributed by atoms with van der Waals surface area (Å²) in [5, 5.41) is 4.85. The third-order valence-electron chi connectivity index (χ3n) is 4.09. The SMILES string of the molecule is CCNC1CCCc2sc(Cc3cc(C)cc(C)c3)nc21. The molecule has 1 heterocycles. The smallest absolute Gasteiger partial charge is 0.0975 e. The molecule has 0 saturated carbocycles. The Morgan fingerprint density at radius 2 is 2.00 bits per heavy atom. The molecular weight excluding hydrogens is 276 g/mol. The van der Waals surface area contributed by atoms with Crippen LogP contribution >= 0.6 is 11.3 Å². The summed E-state index contributed by atoms with van der Waals surface area (Å²) < 4.78 is 0. The molecule has 0 spiro atoms. The van der Waals surface area contributed by atoms with Gasteiger partial charge < -0.3 is 5.32 Å². The molecule has 0 amide bonds. The van der Waals surface area contributed by atoms with Crippen molar-refractivity contribution in [2.45, 2.75) is 52.5 Å². The van der Waals surface area contributed by atoms with Crippen LogP contribution in [0.4, 0.5) is 0 Å². The highest BCUT2D eigenvalue weighted by Gasteiger charge is 2.23. The van der Waals surface area contributed by atoms with Gasteiger partial charge in [0.15, 0.2) is 0 Å². The number of benzene rings is 1. The second-order valence-corrected chi connectivity index (χ2v) is 7.26. The van der Waals surface area contributed by atoms with E-state index in [9.17, 15) is 0 Å². The summed E-state index contributed by atoms with van der Waals surface area (Å²) in [6.07, 6.45) is 4.70. The highest BCUT2D eigenvalue weighted by atomic mass is 32.1. The van der Waals surface area contributed by atoms with Crippen molar-refractivity contribution < 1.29 is 0 Å². The molecule has 3 rings (SSSR count). The summed E-state index contributed by atoms with van der Waals surface area (Å²) in [6, 6.07) is 7.28. The van der Waals surface area contributed by atoms with E-state index in [0.29, 0.717) is 6.04 Å². The molecule has 21 heavy (non-hydrogen) atoms. The third-order valence-corrected chi connectivity index (χ3v) is 5.22. The van der Waals surface area contributed by atoms with E-state index in [-0.39, 0.29) is 0 Å². The lowest BCUT2D eigenvalue weighted by Crippen LogP contribution is -2.24. The maximum atomic E-state index is 4.96. The van der Waals surface area contributed by atoms with E-state index in [4.69, 9.17) is 4.98 Å². The van der Waals surface area contributed by atoms with Crippen LogP contribution in [0.1, 0.15) is 58.1 Å². The molecule has 1 aromatic heterocycles. The molecule has 1 atom stereocenters. The van der Waals surface area contributed by atoms with Crippen molar-refractivity contribution in [1.29, 1.82) is 0 Å². The van der Waals surface area contributed by atoms with E-state index in [0.717, 1.165) is 13.0 Å². The molecule has 1 aliphatic carbocycles. The summed E-state index contributed by atoms with van der Waals surface area (Å²) in [5.74, 6) is 0. The normalized spacial score (nSPS) is 17.8. The van der Waals surface area contributed by atoms with Gasteiger partial charge in [-0.15, -0.1) is 11.3 Å². The predicted octanol–water partition coefficient (Wildman–Crippen LogP) is 4.34. The van der Waals surface area contributed by atoms with Crippen LogP contribution in [0.3, 0.4) is 0 Å². The Kier molecular flexibility index (Phi) is 4.41. The van der Waals surface area contributed by atoms with Crippen LogP contribution in [-0.2, 0) is 12.8 Å². The van der Waals surface area contributed by atoms with Crippen molar-refractivity contribution in [1.82, 2.24) is 10.3 Å². The van der Waals surface area contributed by atoms with E-state index in [1.807, 2.05) is 11.3 Å². The van der Waals surface area contributed by atoms with Crippen LogP contribution < -0.4 is 5.32 Å². The Morgan fingerprint density at radius 1 is 1.24 bits per heavy atom. The average Bonchev–Trinajstić information content (AvgIpc) is 2.81. The van der Waals surface area contributed by atoms with Gasteiger partial charge in [0, 0.05) is 11.3 Å². The molecule has 0 radical (unpaired) electrons. The van der Waals surface area contributed by atoms with Gasteiger partial charge in [-0.05, 0) is 45.2 Å². The second-order valence-electron chi connectivity index (χ2n) is 6.09. The fourth-order valence-corrected chi connectivity index (χ4v) is 4.54. The molecule has 3 heteroatoms. The van der Waals surface area contributed by atoms with Crippen LogP contribution in [-0.4, -0.2) is 11.5 Å². The lowest BCUT2D eigenvalue weighted by molar-refractivity contribution is 0.465. The van der Waals surface area contributed by atoms with E-state index < -0.39 is 0 Å². The monoisotopic (exact) mass is 300 g/mol. The minimum atomic E-state index is 0.475. The summed E-state index contributed by atoms with van der Waals surface area (Å²) in [6.45, 7) is 7.54. The molecule has 112 valence electrons. The lowest BCUT2D eigenvalue weighted by Gasteiger charge is -2.21. The average molecular weight is 300 g/mol. The number of nitrogens with one attached hydrogen (secondary N) is 1. The molecule has 0 fully saturated rings. The van der Waals surface area contributed by atoms with Gasteiger partial charge in [0.1, 0.15) is 0 Å². The van der Waals surface area contributed by atoms with Gasteiger partial charge in [-0.2, -0.15) is 0 Å². The predicted molar refractivity (Wildman–Crippen MR) is 90.2 cm³/mol. The minimum Gasteiger partial charge on any atom is -0.309 e. The number of thiazole rings is 1. The van der Waals surface area contributed by atoms with Crippen molar-refractivity contribution in [3.05, 3.63) is 50.5 Å². The van der Waals surface area contributed by atoms with Gasteiger partial charge in [-0.25, -0.2) is 4.98 Å². The first-order chi connectivity index (χ1) is 10.2. The van der Waals surface area contributed by atoms with Crippen LogP contribution in [0.5, 0.6) is 0 Å². The molecule has 1 aliphatic rings. The zero-order valence-electron chi connectivity index (χ0n) is 13.2. The molecular formula is C18H24N2S. The molecule has 0 aliphatic heterocycles. The molecule has 2 nitrogen and oxygen atoms in total. The summed E-state index contributed by atoms with van der Waals surface area (Å²) >= 11 is 1.92. The van der Waals surface area contributed by atoms with Gasteiger partial charge in [-0.1, -0.05) is 36.2 Å². The molecule has 1 unspecified atom stereocenters. The molecule has 0 bridgehead atoms. The highest BCUT2D eigenvalue weighted by molar-refractivity contribution is 7.11. The Morgan fingerprint density at radius 3 is 2.71 bits per heavy atom. The number of hydrogen-bond donors (Lipinski definition) is 1. The van der Waals surface area contributed by atoms with E-state index in [1.165, 1.54) is 51.5 Å². The maximum Gasteiger partial charge on any atom is 0.0975 e. The molecule has 2 aromatic rings. The Balaban J connectivity index is 1.84. The van der Waals surface area contributed by atoms with Gasteiger partial charge in [0.05, 0.1) is 16.7 Å². The van der Waals surface area contributed by atoms with E-state index in [1.54, 1.807) is 0 Å². The summed E-state index contributed by atoms with van der Waals surface area (Å²) in [7, 11) is 0. The van der Waals surface area contributed by atoms with Gasteiger partial charge >= 0.3 is 0 Å². The lowest BCUT2D eigenvalue weighted by atomic mass is 9.97. The van der Waals surface area contributed by atoms with Crippen molar-refractivity contribution in [3.63, 3.8) is 0 Å². The van der Waals surface area contributed by atoms with Crippen LogP contribution in [0.2, 0.25) is 0 Å². The summed E-state index contributed by atoms with van der Waals surface area (Å²) in [4.78, 5) is 6.47. The van der Waals surface area contributed by atoms with Crippen molar-refractivity contribution in [2.24, 2.45) is 0 Å². The Hall–Kier alpha value is -1.19. The maximum absolute atomic E-state index is 4.96. The first kappa shape index (κ1) is 14.7.